The highest BCUT2D eigenvalue weighted by Gasteiger charge is 2.07. The lowest BCUT2D eigenvalue weighted by Crippen LogP contribution is -2.25. The first-order valence-electron chi connectivity index (χ1n) is 6.14. The van der Waals surface area contributed by atoms with Crippen molar-refractivity contribution >= 4 is 5.91 Å². The molecule has 104 valence electrons. The average Bonchev–Trinajstić information content (AvgIpc) is 2.40. The topological polar surface area (TPSA) is 89.8 Å². The Hall–Kier alpha value is -2.69. The standard InChI is InChI=1S/C15H15NO4/c17-12-3-1-10(2-4-12)5-6-16-15(20)11-7-13(18)9-14(19)8-11/h1-4,7-9,17-19H,5-6H2,(H,16,20). The second-order valence-corrected chi connectivity index (χ2v) is 4.41. The highest BCUT2D eigenvalue weighted by atomic mass is 16.3. The summed E-state index contributed by atoms with van der Waals surface area (Å²) in [5.41, 5.74) is 1.19. The Morgan fingerprint density at radius 1 is 0.900 bits per heavy atom. The van der Waals surface area contributed by atoms with Crippen LogP contribution in [0.1, 0.15) is 15.9 Å². The van der Waals surface area contributed by atoms with Crippen molar-refractivity contribution in [3.8, 4) is 17.2 Å². The molecule has 2 aromatic rings. The predicted molar refractivity (Wildman–Crippen MR) is 73.9 cm³/mol. The first kappa shape index (κ1) is 13.7. The Bertz CT molecular complexity index is 588. The molecule has 2 rings (SSSR count). The molecule has 0 spiro atoms. The van der Waals surface area contributed by atoms with E-state index in [0.717, 1.165) is 11.6 Å². The number of carbonyl (C=O) groups excluding carboxylic acids is 1. The lowest BCUT2D eigenvalue weighted by Gasteiger charge is -2.06. The van der Waals surface area contributed by atoms with Crippen LogP contribution in [0, 0.1) is 0 Å². The van der Waals surface area contributed by atoms with Gasteiger partial charge in [0.05, 0.1) is 0 Å². The summed E-state index contributed by atoms with van der Waals surface area (Å²) in [5.74, 6) is -0.481. The molecule has 0 aliphatic carbocycles. The summed E-state index contributed by atoms with van der Waals surface area (Å²) in [5, 5.41) is 30.5. The van der Waals surface area contributed by atoms with Gasteiger partial charge in [0.25, 0.3) is 5.91 Å². The number of amides is 1. The number of rotatable bonds is 4. The number of aromatic hydroxyl groups is 3. The predicted octanol–water partition coefficient (Wildman–Crippen LogP) is 1.78. The first-order chi connectivity index (χ1) is 9.54. The van der Waals surface area contributed by atoms with Crippen LogP contribution < -0.4 is 5.32 Å². The van der Waals surface area contributed by atoms with Crippen molar-refractivity contribution in [2.45, 2.75) is 6.42 Å². The molecule has 0 aliphatic heterocycles. The number of benzene rings is 2. The van der Waals surface area contributed by atoms with Crippen LogP contribution in [0.2, 0.25) is 0 Å². The molecule has 5 nitrogen and oxygen atoms in total. The summed E-state index contributed by atoms with van der Waals surface area (Å²) in [6, 6.07) is 10.5. The quantitative estimate of drug-likeness (QED) is 0.683. The van der Waals surface area contributed by atoms with E-state index in [4.69, 9.17) is 5.11 Å². The minimum Gasteiger partial charge on any atom is -0.508 e. The number of hydrogen-bond donors (Lipinski definition) is 4. The molecule has 0 heterocycles. The van der Waals surface area contributed by atoms with Gasteiger partial charge in [-0.05, 0) is 36.2 Å². The molecule has 5 heteroatoms. The Labute approximate surface area is 116 Å². The van der Waals surface area contributed by atoms with Gasteiger partial charge in [-0.2, -0.15) is 0 Å². The van der Waals surface area contributed by atoms with Crippen LogP contribution in [-0.4, -0.2) is 27.8 Å². The first-order valence-corrected chi connectivity index (χ1v) is 6.14. The molecule has 0 aliphatic rings. The van der Waals surface area contributed by atoms with E-state index in [-0.39, 0.29) is 28.7 Å². The smallest absolute Gasteiger partial charge is 0.251 e. The molecule has 0 unspecified atom stereocenters. The van der Waals surface area contributed by atoms with Gasteiger partial charge < -0.3 is 20.6 Å². The zero-order valence-corrected chi connectivity index (χ0v) is 10.7. The molecular weight excluding hydrogens is 258 g/mol. The van der Waals surface area contributed by atoms with Crippen molar-refractivity contribution in [1.29, 1.82) is 0 Å². The van der Waals surface area contributed by atoms with Crippen molar-refractivity contribution in [2.75, 3.05) is 6.54 Å². The van der Waals surface area contributed by atoms with E-state index in [9.17, 15) is 15.0 Å². The Morgan fingerprint density at radius 3 is 2.10 bits per heavy atom. The molecule has 0 fully saturated rings. The maximum Gasteiger partial charge on any atom is 0.251 e. The Morgan fingerprint density at radius 2 is 1.50 bits per heavy atom. The summed E-state index contributed by atoms with van der Waals surface area (Å²) < 4.78 is 0. The SMILES string of the molecule is O=C(NCCc1ccc(O)cc1)c1cc(O)cc(O)c1. The molecule has 0 saturated carbocycles. The van der Waals surface area contributed by atoms with E-state index in [2.05, 4.69) is 5.32 Å². The maximum absolute atomic E-state index is 11.8. The van der Waals surface area contributed by atoms with Gasteiger partial charge in [0.1, 0.15) is 17.2 Å². The van der Waals surface area contributed by atoms with Gasteiger partial charge in [-0.3, -0.25) is 4.79 Å². The molecule has 1 amide bonds. The molecule has 20 heavy (non-hydrogen) atoms. The van der Waals surface area contributed by atoms with Crippen molar-refractivity contribution in [3.05, 3.63) is 53.6 Å². The third-order valence-electron chi connectivity index (χ3n) is 2.80. The van der Waals surface area contributed by atoms with E-state index >= 15 is 0 Å². The van der Waals surface area contributed by atoms with Crippen LogP contribution in [0.25, 0.3) is 0 Å². The molecular formula is C15H15NO4. The van der Waals surface area contributed by atoms with Gasteiger partial charge in [-0.1, -0.05) is 12.1 Å². The van der Waals surface area contributed by atoms with Crippen molar-refractivity contribution in [3.63, 3.8) is 0 Å². The van der Waals surface area contributed by atoms with Gasteiger partial charge in [0, 0.05) is 18.2 Å². The summed E-state index contributed by atoms with van der Waals surface area (Å²) >= 11 is 0. The van der Waals surface area contributed by atoms with Gasteiger partial charge >= 0.3 is 0 Å². The molecule has 0 radical (unpaired) electrons. The molecule has 0 saturated heterocycles. The number of carbonyl (C=O) groups is 1. The van der Waals surface area contributed by atoms with Crippen LogP contribution in [0.15, 0.2) is 42.5 Å². The summed E-state index contributed by atoms with van der Waals surface area (Å²) in [6.07, 6.45) is 0.622. The van der Waals surface area contributed by atoms with Crippen molar-refractivity contribution in [1.82, 2.24) is 5.32 Å². The van der Waals surface area contributed by atoms with Gasteiger partial charge in [0.2, 0.25) is 0 Å². The highest BCUT2D eigenvalue weighted by molar-refractivity contribution is 5.95. The van der Waals surface area contributed by atoms with Crippen LogP contribution >= 0.6 is 0 Å². The lowest BCUT2D eigenvalue weighted by molar-refractivity contribution is 0.0953. The molecule has 0 atom stereocenters. The summed E-state index contributed by atoms with van der Waals surface area (Å²) in [4.78, 5) is 11.8. The Balaban J connectivity index is 1.90. The molecule has 4 N–H and O–H groups in total. The largest absolute Gasteiger partial charge is 0.508 e. The van der Waals surface area contributed by atoms with Gasteiger partial charge in [0.15, 0.2) is 0 Å². The second kappa shape index (κ2) is 5.97. The highest BCUT2D eigenvalue weighted by Crippen LogP contribution is 2.20. The number of hydrogen-bond acceptors (Lipinski definition) is 4. The second-order valence-electron chi connectivity index (χ2n) is 4.41. The van der Waals surface area contributed by atoms with Crippen molar-refractivity contribution < 1.29 is 20.1 Å². The van der Waals surface area contributed by atoms with Gasteiger partial charge in [-0.15, -0.1) is 0 Å². The minimum absolute atomic E-state index is 0.159. The van der Waals surface area contributed by atoms with E-state index in [1.54, 1.807) is 24.3 Å². The van der Waals surface area contributed by atoms with E-state index in [1.165, 1.54) is 12.1 Å². The number of nitrogens with one attached hydrogen (secondary N) is 1. The van der Waals surface area contributed by atoms with E-state index in [0.29, 0.717) is 13.0 Å². The van der Waals surface area contributed by atoms with Crippen LogP contribution in [-0.2, 0) is 6.42 Å². The fourth-order valence-electron chi connectivity index (χ4n) is 1.81. The number of phenols is 3. The average molecular weight is 273 g/mol. The summed E-state index contributed by atoms with van der Waals surface area (Å²) in [6.45, 7) is 0.417. The van der Waals surface area contributed by atoms with Crippen LogP contribution in [0.5, 0.6) is 17.2 Å². The summed E-state index contributed by atoms with van der Waals surface area (Å²) in [7, 11) is 0. The minimum atomic E-state index is -0.366. The van der Waals surface area contributed by atoms with Crippen LogP contribution in [0.4, 0.5) is 0 Å². The normalized spacial score (nSPS) is 10.2. The van der Waals surface area contributed by atoms with Gasteiger partial charge in [-0.25, -0.2) is 0 Å². The van der Waals surface area contributed by atoms with E-state index in [1.807, 2.05) is 0 Å². The van der Waals surface area contributed by atoms with Crippen molar-refractivity contribution in [2.24, 2.45) is 0 Å². The van der Waals surface area contributed by atoms with E-state index < -0.39 is 0 Å². The number of phenolic OH excluding ortho intramolecular Hbond substituents is 3. The maximum atomic E-state index is 11.8. The Kier molecular flexibility index (Phi) is 4.10. The molecule has 2 aromatic carbocycles. The fourth-order valence-corrected chi connectivity index (χ4v) is 1.81. The molecule has 0 bridgehead atoms. The van der Waals surface area contributed by atoms with Crippen LogP contribution in [0.3, 0.4) is 0 Å². The lowest BCUT2D eigenvalue weighted by atomic mass is 10.1. The molecule has 0 aromatic heterocycles. The monoisotopic (exact) mass is 273 g/mol. The third-order valence-corrected chi connectivity index (χ3v) is 2.80. The fraction of sp³-hybridized carbons (Fsp3) is 0.133. The zero-order valence-electron chi connectivity index (χ0n) is 10.7. The zero-order chi connectivity index (χ0) is 14.5. The third kappa shape index (κ3) is 3.65.